The molecule has 0 aliphatic heterocycles. The average Bonchev–Trinajstić information content (AvgIpc) is 2.48. The van der Waals surface area contributed by atoms with Crippen molar-refractivity contribution >= 4 is 27.3 Å². The standard InChI is InChI=1S/C14H8ClF3N2O2S/c15-12-6-5-10(7-11(12)14(16,17)18)20-23(21,22)13-4-2-1-3-9(13)8-19/h1-7,20H. The van der Waals surface area contributed by atoms with Crippen molar-refractivity contribution in [3.63, 3.8) is 0 Å². The molecule has 120 valence electrons. The van der Waals surface area contributed by atoms with Crippen LogP contribution in [0.1, 0.15) is 11.1 Å². The molecule has 0 bridgehead atoms. The second-order valence-electron chi connectivity index (χ2n) is 4.41. The molecule has 0 amide bonds. The Hall–Kier alpha value is -2.24. The van der Waals surface area contributed by atoms with Crippen LogP contribution in [0, 0.1) is 11.3 Å². The molecule has 0 heterocycles. The van der Waals surface area contributed by atoms with Crippen LogP contribution in [-0.2, 0) is 16.2 Å². The summed E-state index contributed by atoms with van der Waals surface area (Å²) in [5, 5.41) is 8.38. The van der Waals surface area contributed by atoms with Crippen molar-refractivity contribution in [1.29, 1.82) is 5.26 Å². The summed E-state index contributed by atoms with van der Waals surface area (Å²) in [4.78, 5) is -0.328. The normalized spacial score (nSPS) is 11.8. The van der Waals surface area contributed by atoms with E-state index in [4.69, 9.17) is 16.9 Å². The van der Waals surface area contributed by atoms with Gasteiger partial charge in [0.1, 0.15) is 11.0 Å². The quantitative estimate of drug-likeness (QED) is 0.898. The first-order valence-corrected chi connectivity index (χ1v) is 7.90. The number of nitrogens with one attached hydrogen (secondary N) is 1. The van der Waals surface area contributed by atoms with E-state index in [1.165, 1.54) is 24.3 Å². The molecule has 1 N–H and O–H groups in total. The lowest BCUT2D eigenvalue weighted by molar-refractivity contribution is -0.137. The average molecular weight is 361 g/mol. The fourth-order valence-corrected chi connectivity index (χ4v) is 3.24. The third-order valence-corrected chi connectivity index (χ3v) is 4.59. The zero-order chi connectivity index (χ0) is 17.3. The van der Waals surface area contributed by atoms with Crippen molar-refractivity contribution < 1.29 is 21.6 Å². The largest absolute Gasteiger partial charge is 0.417 e. The molecule has 0 radical (unpaired) electrons. The number of anilines is 1. The zero-order valence-corrected chi connectivity index (χ0v) is 12.8. The highest BCUT2D eigenvalue weighted by Gasteiger charge is 2.33. The van der Waals surface area contributed by atoms with Crippen molar-refractivity contribution in [2.75, 3.05) is 4.72 Å². The molecule has 0 aliphatic rings. The maximum Gasteiger partial charge on any atom is 0.417 e. The number of nitrogens with zero attached hydrogens (tertiary/aromatic N) is 1. The van der Waals surface area contributed by atoms with E-state index in [0.717, 1.165) is 12.1 Å². The highest BCUT2D eigenvalue weighted by atomic mass is 35.5. The zero-order valence-electron chi connectivity index (χ0n) is 11.2. The molecule has 2 rings (SSSR count). The van der Waals surface area contributed by atoms with E-state index in [9.17, 15) is 21.6 Å². The van der Waals surface area contributed by atoms with Gasteiger partial charge in [-0.1, -0.05) is 23.7 Å². The molecule has 2 aromatic carbocycles. The molecule has 0 aromatic heterocycles. The minimum atomic E-state index is -4.72. The van der Waals surface area contributed by atoms with Crippen LogP contribution >= 0.6 is 11.6 Å². The van der Waals surface area contributed by atoms with Crippen molar-refractivity contribution in [2.45, 2.75) is 11.1 Å². The first kappa shape index (κ1) is 17.1. The molecule has 0 saturated carbocycles. The van der Waals surface area contributed by atoms with Crippen molar-refractivity contribution in [1.82, 2.24) is 0 Å². The summed E-state index contributed by atoms with van der Waals surface area (Å²) in [6, 6.07) is 9.69. The van der Waals surface area contributed by atoms with Crippen LogP contribution in [0.5, 0.6) is 0 Å². The molecular weight excluding hydrogens is 353 g/mol. The predicted octanol–water partition coefficient (Wildman–Crippen LogP) is 4.03. The molecule has 0 aliphatic carbocycles. The van der Waals surface area contributed by atoms with Crippen LogP contribution in [0.15, 0.2) is 47.4 Å². The summed E-state index contributed by atoms with van der Waals surface area (Å²) in [7, 11) is -4.21. The number of sulfonamides is 1. The van der Waals surface area contributed by atoms with E-state index in [-0.39, 0.29) is 16.1 Å². The van der Waals surface area contributed by atoms with E-state index < -0.39 is 26.8 Å². The molecule has 2 aromatic rings. The Morgan fingerprint density at radius 1 is 1.13 bits per heavy atom. The van der Waals surface area contributed by atoms with Crippen molar-refractivity contribution in [3.8, 4) is 6.07 Å². The van der Waals surface area contributed by atoms with Crippen LogP contribution in [0.4, 0.5) is 18.9 Å². The molecule has 0 fully saturated rings. The molecule has 23 heavy (non-hydrogen) atoms. The third-order valence-electron chi connectivity index (χ3n) is 2.82. The van der Waals surface area contributed by atoms with Crippen molar-refractivity contribution in [3.05, 3.63) is 58.6 Å². The second-order valence-corrected chi connectivity index (χ2v) is 6.46. The van der Waals surface area contributed by atoms with E-state index in [2.05, 4.69) is 0 Å². The summed E-state index contributed by atoms with van der Waals surface area (Å²) < 4.78 is 64.9. The van der Waals surface area contributed by atoms with Gasteiger partial charge in [-0.2, -0.15) is 18.4 Å². The van der Waals surface area contributed by atoms with Gasteiger partial charge in [0.15, 0.2) is 0 Å². The van der Waals surface area contributed by atoms with Crippen LogP contribution in [-0.4, -0.2) is 8.42 Å². The maximum atomic E-state index is 12.8. The Labute approximate surface area is 135 Å². The van der Waals surface area contributed by atoms with Crippen LogP contribution < -0.4 is 4.72 Å². The molecular formula is C14H8ClF3N2O2S. The molecule has 0 spiro atoms. The van der Waals surface area contributed by atoms with Gasteiger partial charge in [-0.05, 0) is 30.3 Å². The van der Waals surface area contributed by atoms with Gasteiger partial charge in [0.2, 0.25) is 0 Å². The van der Waals surface area contributed by atoms with E-state index in [0.29, 0.717) is 6.07 Å². The highest BCUT2D eigenvalue weighted by molar-refractivity contribution is 7.92. The van der Waals surface area contributed by atoms with E-state index in [1.807, 2.05) is 4.72 Å². The SMILES string of the molecule is N#Cc1ccccc1S(=O)(=O)Nc1ccc(Cl)c(C(F)(F)F)c1. The Morgan fingerprint density at radius 3 is 2.39 bits per heavy atom. The van der Waals surface area contributed by atoms with Gasteiger partial charge >= 0.3 is 6.18 Å². The van der Waals surface area contributed by atoms with Crippen LogP contribution in [0.3, 0.4) is 0 Å². The lowest BCUT2D eigenvalue weighted by atomic mass is 10.2. The van der Waals surface area contributed by atoms with E-state index >= 15 is 0 Å². The molecule has 4 nitrogen and oxygen atoms in total. The topological polar surface area (TPSA) is 70.0 Å². The summed E-state index contributed by atoms with van der Waals surface area (Å²) in [6.45, 7) is 0. The molecule has 0 unspecified atom stereocenters. The van der Waals surface area contributed by atoms with E-state index in [1.54, 1.807) is 6.07 Å². The number of hydrogen-bond donors (Lipinski definition) is 1. The summed E-state index contributed by atoms with van der Waals surface area (Å²) in [5.74, 6) is 0. The summed E-state index contributed by atoms with van der Waals surface area (Å²) >= 11 is 5.48. The van der Waals surface area contributed by atoms with Gasteiger partial charge in [-0.15, -0.1) is 0 Å². The maximum absolute atomic E-state index is 12.8. The molecule has 9 heteroatoms. The van der Waals surface area contributed by atoms with Gasteiger partial charge in [-0.3, -0.25) is 4.72 Å². The Morgan fingerprint density at radius 2 is 1.78 bits per heavy atom. The number of hydrogen-bond acceptors (Lipinski definition) is 3. The first-order chi connectivity index (χ1) is 10.6. The predicted molar refractivity (Wildman–Crippen MR) is 78.4 cm³/mol. The minimum absolute atomic E-state index is 0.120. The third kappa shape index (κ3) is 3.75. The Balaban J connectivity index is 2.45. The van der Waals surface area contributed by atoms with Gasteiger partial charge in [0.05, 0.1) is 16.1 Å². The number of nitriles is 1. The van der Waals surface area contributed by atoms with Crippen molar-refractivity contribution in [2.24, 2.45) is 0 Å². The fraction of sp³-hybridized carbons (Fsp3) is 0.0714. The van der Waals surface area contributed by atoms with Gasteiger partial charge in [0, 0.05) is 5.69 Å². The second kappa shape index (κ2) is 6.10. The highest BCUT2D eigenvalue weighted by Crippen LogP contribution is 2.36. The van der Waals surface area contributed by atoms with Crippen LogP contribution in [0.2, 0.25) is 5.02 Å². The minimum Gasteiger partial charge on any atom is -0.280 e. The summed E-state index contributed by atoms with van der Waals surface area (Å²) in [5.41, 5.74) is -1.59. The lowest BCUT2D eigenvalue weighted by Gasteiger charge is -2.13. The lowest BCUT2D eigenvalue weighted by Crippen LogP contribution is -2.15. The first-order valence-electron chi connectivity index (χ1n) is 6.04. The number of alkyl halides is 3. The molecule has 0 saturated heterocycles. The smallest absolute Gasteiger partial charge is 0.280 e. The van der Waals surface area contributed by atoms with Gasteiger partial charge in [-0.25, -0.2) is 8.42 Å². The fourth-order valence-electron chi connectivity index (χ4n) is 1.81. The van der Waals surface area contributed by atoms with Gasteiger partial charge < -0.3 is 0 Å². The number of benzene rings is 2. The van der Waals surface area contributed by atoms with Crippen LogP contribution in [0.25, 0.3) is 0 Å². The summed E-state index contributed by atoms with van der Waals surface area (Å²) in [6.07, 6.45) is -4.72. The molecule has 0 atom stereocenters. The number of halogens is 4. The van der Waals surface area contributed by atoms with Gasteiger partial charge in [0.25, 0.3) is 10.0 Å². The Bertz CT molecular complexity index is 890. The Kier molecular flexibility index (Phi) is 4.54. The monoisotopic (exact) mass is 360 g/mol. The number of rotatable bonds is 3.